The van der Waals surface area contributed by atoms with Gasteiger partial charge in [0, 0.05) is 11.6 Å². The van der Waals surface area contributed by atoms with Gasteiger partial charge in [-0.25, -0.2) is 14.2 Å². The molecule has 6 heteroatoms. The molecule has 92 valence electrons. The van der Waals surface area contributed by atoms with E-state index in [1.165, 1.54) is 31.5 Å². The molecule has 0 unspecified atom stereocenters. The van der Waals surface area contributed by atoms with E-state index in [0.29, 0.717) is 17.0 Å². The largest absolute Gasteiger partial charge is 0.496 e. The molecule has 2 rings (SSSR count). The molecular formula is C12H9FN2O3. The third kappa shape index (κ3) is 2.27. The highest BCUT2D eigenvalue weighted by Gasteiger charge is 2.10. The van der Waals surface area contributed by atoms with Crippen molar-refractivity contribution in [1.82, 2.24) is 9.97 Å². The van der Waals surface area contributed by atoms with Crippen molar-refractivity contribution in [3.63, 3.8) is 0 Å². The van der Waals surface area contributed by atoms with Crippen molar-refractivity contribution in [3.05, 3.63) is 42.1 Å². The first-order valence-electron chi connectivity index (χ1n) is 5.01. The number of ether oxygens (including phenoxy) is 1. The molecule has 0 spiro atoms. The summed E-state index contributed by atoms with van der Waals surface area (Å²) in [5.41, 5.74) is 0.806. The van der Waals surface area contributed by atoms with Gasteiger partial charge in [0.15, 0.2) is 5.69 Å². The first-order chi connectivity index (χ1) is 8.61. The molecule has 0 amide bonds. The molecule has 0 fully saturated rings. The fourth-order valence-electron chi connectivity index (χ4n) is 1.45. The van der Waals surface area contributed by atoms with E-state index >= 15 is 0 Å². The summed E-state index contributed by atoms with van der Waals surface area (Å²) >= 11 is 0. The number of hydrogen-bond acceptors (Lipinski definition) is 4. The molecular weight excluding hydrogens is 239 g/mol. The average molecular weight is 248 g/mol. The lowest BCUT2D eigenvalue weighted by atomic mass is 10.1. The highest BCUT2D eigenvalue weighted by Crippen LogP contribution is 2.28. The smallest absolute Gasteiger partial charge is 0.356 e. The standard InChI is InChI=1S/C12H9FN2O3/c1-18-11-4-7(13)2-3-8(11)9-5-15-10(6-14-9)12(16)17/h2-6H,1H3,(H,16,17). The van der Waals surface area contributed by atoms with Crippen LogP contribution in [0.3, 0.4) is 0 Å². The van der Waals surface area contributed by atoms with Crippen LogP contribution in [-0.4, -0.2) is 28.2 Å². The molecule has 0 saturated carbocycles. The van der Waals surface area contributed by atoms with Crippen LogP contribution >= 0.6 is 0 Å². The van der Waals surface area contributed by atoms with E-state index in [2.05, 4.69) is 9.97 Å². The maximum atomic E-state index is 13.0. The average Bonchev–Trinajstić information content (AvgIpc) is 2.38. The zero-order chi connectivity index (χ0) is 13.1. The number of nitrogens with zero attached hydrogens (tertiary/aromatic N) is 2. The van der Waals surface area contributed by atoms with Gasteiger partial charge in [0.25, 0.3) is 0 Å². The second-order valence-electron chi connectivity index (χ2n) is 3.44. The Morgan fingerprint density at radius 1 is 1.33 bits per heavy atom. The number of aromatic carboxylic acids is 1. The number of methoxy groups -OCH3 is 1. The van der Waals surface area contributed by atoms with Crippen molar-refractivity contribution < 1.29 is 19.0 Å². The number of rotatable bonds is 3. The number of hydrogen-bond donors (Lipinski definition) is 1. The van der Waals surface area contributed by atoms with Gasteiger partial charge in [0.05, 0.1) is 25.2 Å². The van der Waals surface area contributed by atoms with Crippen LogP contribution in [0.1, 0.15) is 10.5 Å². The van der Waals surface area contributed by atoms with E-state index in [1.807, 2.05) is 0 Å². The van der Waals surface area contributed by atoms with E-state index < -0.39 is 11.8 Å². The van der Waals surface area contributed by atoms with E-state index in [4.69, 9.17) is 9.84 Å². The van der Waals surface area contributed by atoms with Crippen molar-refractivity contribution in [3.8, 4) is 17.0 Å². The summed E-state index contributed by atoms with van der Waals surface area (Å²) in [4.78, 5) is 18.3. The first kappa shape index (κ1) is 12.0. The number of aromatic nitrogens is 2. The molecule has 0 aliphatic carbocycles. The number of halogens is 1. The molecule has 1 heterocycles. The lowest BCUT2D eigenvalue weighted by Gasteiger charge is -2.07. The van der Waals surface area contributed by atoms with Gasteiger partial charge >= 0.3 is 5.97 Å². The first-order valence-corrected chi connectivity index (χ1v) is 5.01. The van der Waals surface area contributed by atoms with Crippen molar-refractivity contribution >= 4 is 5.97 Å². The lowest BCUT2D eigenvalue weighted by molar-refractivity contribution is 0.0690. The Hall–Kier alpha value is -2.50. The van der Waals surface area contributed by atoms with Crippen molar-refractivity contribution in [2.45, 2.75) is 0 Å². The Kier molecular flexibility index (Phi) is 3.18. The predicted octanol–water partition coefficient (Wildman–Crippen LogP) is 1.99. The molecule has 1 aromatic carbocycles. The third-order valence-electron chi connectivity index (χ3n) is 2.31. The highest BCUT2D eigenvalue weighted by molar-refractivity contribution is 5.85. The Bertz CT molecular complexity index is 584. The summed E-state index contributed by atoms with van der Waals surface area (Å²) in [7, 11) is 1.41. The van der Waals surface area contributed by atoms with E-state index in [0.717, 1.165) is 6.20 Å². The zero-order valence-electron chi connectivity index (χ0n) is 9.42. The molecule has 18 heavy (non-hydrogen) atoms. The van der Waals surface area contributed by atoms with Crippen LogP contribution in [0, 0.1) is 5.82 Å². The molecule has 1 aromatic heterocycles. The fourth-order valence-corrected chi connectivity index (χ4v) is 1.45. The summed E-state index contributed by atoms with van der Waals surface area (Å²) in [6, 6.07) is 3.99. The number of carboxylic acid groups (broad SMARTS) is 1. The molecule has 0 saturated heterocycles. The molecule has 0 aliphatic rings. The summed E-state index contributed by atoms with van der Waals surface area (Å²) < 4.78 is 18.1. The monoisotopic (exact) mass is 248 g/mol. The summed E-state index contributed by atoms with van der Waals surface area (Å²) in [6.45, 7) is 0. The number of carboxylic acids is 1. The number of carbonyl (C=O) groups is 1. The van der Waals surface area contributed by atoms with Gasteiger partial charge in [-0.2, -0.15) is 0 Å². The molecule has 0 atom stereocenters. The lowest BCUT2D eigenvalue weighted by Crippen LogP contribution is -2.01. The van der Waals surface area contributed by atoms with Crippen LogP contribution in [0.25, 0.3) is 11.3 Å². The minimum Gasteiger partial charge on any atom is -0.496 e. The number of benzene rings is 1. The van der Waals surface area contributed by atoms with Crippen molar-refractivity contribution in [2.75, 3.05) is 7.11 Å². The van der Waals surface area contributed by atoms with Crippen LogP contribution in [-0.2, 0) is 0 Å². The van der Waals surface area contributed by atoms with Gasteiger partial charge in [-0.15, -0.1) is 0 Å². The van der Waals surface area contributed by atoms with Gasteiger partial charge in [-0.1, -0.05) is 0 Å². The fraction of sp³-hybridized carbons (Fsp3) is 0.0833. The van der Waals surface area contributed by atoms with Crippen molar-refractivity contribution in [2.24, 2.45) is 0 Å². The van der Waals surface area contributed by atoms with Gasteiger partial charge < -0.3 is 9.84 Å². The quantitative estimate of drug-likeness (QED) is 0.899. The van der Waals surface area contributed by atoms with Gasteiger partial charge in [-0.05, 0) is 12.1 Å². The van der Waals surface area contributed by atoms with Gasteiger partial charge in [-0.3, -0.25) is 4.98 Å². The molecule has 0 radical (unpaired) electrons. The van der Waals surface area contributed by atoms with Crippen LogP contribution in [0.4, 0.5) is 4.39 Å². The van der Waals surface area contributed by atoms with E-state index in [1.54, 1.807) is 0 Å². The second kappa shape index (κ2) is 4.79. The second-order valence-corrected chi connectivity index (χ2v) is 3.44. The summed E-state index contributed by atoms with van der Waals surface area (Å²) in [5.74, 6) is -1.27. The molecule has 5 nitrogen and oxygen atoms in total. The molecule has 0 bridgehead atoms. The minimum atomic E-state index is -1.15. The van der Waals surface area contributed by atoms with Gasteiger partial charge in [0.2, 0.25) is 0 Å². The van der Waals surface area contributed by atoms with Crippen LogP contribution < -0.4 is 4.74 Å². The topological polar surface area (TPSA) is 72.3 Å². The highest BCUT2D eigenvalue weighted by atomic mass is 19.1. The summed E-state index contributed by atoms with van der Waals surface area (Å²) in [6.07, 6.45) is 2.44. The van der Waals surface area contributed by atoms with Crippen LogP contribution in [0.15, 0.2) is 30.6 Å². The zero-order valence-corrected chi connectivity index (χ0v) is 9.42. The van der Waals surface area contributed by atoms with Gasteiger partial charge in [0.1, 0.15) is 11.6 Å². The minimum absolute atomic E-state index is 0.153. The van der Waals surface area contributed by atoms with Crippen LogP contribution in [0.5, 0.6) is 5.75 Å². The Morgan fingerprint density at radius 2 is 2.11 bits per heavy atom. The third-order valence-corrected chi connectivity index (χ3v) is 2.31. The molecule has 2 aromatic rings. The Balaban J connectivity index is 2.45. The Labute approximate surface area is 102 Å². The van der Waals surface area contributed by atoms with Crippen molar-refractivity contribution in [1.29, 1.82) is 0 Å². The normalized spacial score (nSPS) is 10.1. The predicted molar refractivity (Wildman–Crippen MR) is 60.9 cm³/mol. The molecule has 1 N–H and O–H groups in total. The Morgan fingerprint density at radius 3 is 2.67 bits per heavy atom. The SMILES string of the molecule is COc1cc(F)ccc1-c1cnc(C(=O)O)cn1. The maximum Gasteiger partial charge on any atom is 0.356 e. The van der Waals surface area contributed by atoms with E-state index in [9.17, 15) is 9.18 Å². The summed E-state index contributed by atoms with van der Waals surface area (Å²) in [5, 5.41) is 8.71. The van der Waals surface area contributed by atoms with Crippen LogP contribution in [0.2, 0.25) is 0 Å². The maximum absolute atomic E-state index is 13.0. The molecule has 0 aliphatic heterocycles. The van der Waals surface area contributed by atoms with E-state index in [-0.39, 0.29) is 5.69 Å².